The van der Waals surface area contributed by atoms with Crippen LogP contribution in [0.4, 0.5) is 0 Å². The average molecular weight is 394 g/mol. The molecule has 0 saturated heterocycles. The van der Waals surface area contributed by atoms with Gasteiger partial charge in [-0.25, -0.2) is 0 Å². The smallest absolute Gasteiger partial charge is 0.112 e. The molecule has 0 aliphatic rings. The van der Waals surface area contributed by atoms with Crippen molar-refractivity contribution >= 4 is 11.6 Å². The van der Waals surface area contributed by atoms with E-state index in [9.17, 15) is 9.59 Å². The van der Waals surface area contributed by atoms with Crippen molar-refractivity contribution < 1.29 is 26.7 Å². The van der Waals surface area contributed by atoms with Gasteiger partial charge in [0.1, 0.15) is 11.6 Å². The van der Waals surface area contributed by atoms with E-state index in [4.69, 9.17) is 0 Å². The van der Waals surface area contributed by atoms with E-state index < -0.39 is 0 Å². The van der Waals surface area contributed by atoms with Crippen molar-refractivity contribution in [1.82, 2.24) is 0 Å². The van der Waals surface area contributed by atoms with Gasteiger partial charge >= 0.3 is 0 Å². The van der Waals surface area contributed by atoms with Crippen LogP contribution in [0.15, 0.2) is 109 Å². The van der Waals surface area contributed by atoms with Crippen LogP contribution in [-0.4, -0.2) is 11.6 Å². The molecular weight excluding hydrogens is 376 g/mol. The van der Waals surface area contributed by atoms with Gasteiger partial charge in [-0.1, -0.05) is 82.9 Å². The maximum Gasteiger partial charge on any atom is 0.112 e. The molecule has 0 heterocycles. The number of carbonyl (C=O) groups excluding carboxylic acids is 2. The van der Waals surface area contributed by atoms with Crippen LogP contribution in [0.2, 0.25) is 0 Å². The molecule has 4 aromatic rings. The van der Waals surface area contributed by atoms with Crippen LogP contribution in [0.1, 0.15) is 31.8 Å². The minimum Gasteiger partial charge on any atom is -0.311 e. The summed E-state index contributed by atoms with van der Waals surface area (Å²) in [6, 6.07) is 33.4. The molecule has 0 atom stereocenters. The number of hydrogen-bond acceptors (Lipinski definition) is 2. The zero-order valence-corrected chi connectivity index (χ0v) is 15.7. The van der Waals surface area contributed by atoms with E-state index in [1.807, 2.05) is 109 Å². The summed E-state index contributed by atoms with van der Waals surface area (Å²) in [5.74, 6) is 0.177. The summed E-state index contributed by atoms with van der Waals surface area (Å²) in [5.41, 5.74) is 3.00. The fourth-order valence-corrected chi connectivity index (χ4v) is 2.56. The van der Waals surface area contributed by atoms with Gasteiger partial charge in [0.05, 0.1) is 0 Å². The first kappa shape index (κ1) is 20.3. The normalized spacial score (nSPS) is 9.48. The number of benzene rings is 2. The minimum absolute atomic E-state index is 0. The molecule has 0 unspecified atom stereocenters. The van der Waals surface area contributed by atoms with E-state index >= 15 is 0 Å². The Morgan fingerprint density at radius 1 is 0.481 bits per heavy atom. The first-order valence-corrected chi connectivity index (χ1v) is 8.38. The Kier molecular flexibility index (Phi) is 7.69. The second-order valence-electron chi connectivity index (χ2n) is 5.74. The van der Waals surface area contributed by atoms with Crippen LogP contribution >= 0.6 is 0 Å². The SMILES string of the molecule is O=C(c1ccccc1)[c-]1cccc1.O=C(c1ccccc1)[c-]1cccc1.[Fe]. The summed E-state index contributed by atoms with van der Waals surface area (Å²) in [6.45, 7) is 0. The zero-order chi connectivity index (χ0) is 18.2. The predicted octanol–water partition coefficient (Wildman–Crippen LogP) is 5.27. The molecule has 0 saturated carbocycles. The molecule has 0 fully saturated rings. The van der Waals surface area contributed by atoms with Gasteiger partial charge in [-0.15, -0.1) is 24.3 Å². The molecule has 0 bridgehead atoms. The Labute approximate surface area is 169 Å². The zero-order valence-electron chi connectivity index (χ0n) is 14.6. The first-order valence-electron chi connectivity index (χ1n) is 8.38. The molecule has 0 aliphatic carbocycles. The van der Waals surface area contributed by atoms with Crippen LogP contribution in [0.3, 0.4) is 0 Å². The maximum atomic E-state index is 11.7. The van der Waals surface area contributed by atoms with Crippen molar-refractivity contribution in [3.63, 3.8) is 0 Å². The van der Waals surface area contributed by atoms with Gasteiger partial charge in [0.2, 0.25) is 0 Å². The second-order valence-corrected chi connectivity index (χ2v) is 5.74. The molecule has 0 N–H and O–H groups in total. The van der Waals surface area contributed by atoms with E-state index in [0.29, 0.717) is 0 Å². The fraction of sp³-hybridized carbons (Fsp3) is 0. The van der Waals surface area contributed by atoms with Crippen LogP contribution in [0.5, 0.6) is 0 Å². The molecule has 4 aromatic carbocycles. The van der Waals surface area contributed by atoms with Crippen molar-refractivity contribution in [2.45, 2.75) is 0 Å². The number of carbonyl (C=O) groups is 2. The molecule has 0 spiro atoms. The van der Waals surface area contributed by atoms with E-state index in [-0.39, 0.29) is 28.6 Å². The van der Waals surface area contributed by atoms with Crippen molar-refractivity contribution in [2.75, 3.05) is 0 Å². The van der Waals surface area contributed by atoms with Crippen LogP contribution in [0, 0.1) is 0 Å². The van der Waals surface area contributed by atoms with Crippen LogP contribution in [0.25, 0.3) is 0 Å². The number of hydrogen-bond donors (Lipinski definition) is 0. The third kappa shape index (κ3) is 5.49. The molecule has 0 aliphatic heterocycles. The Balaban J connectivity index is 0.000000187. The van der Waals surface area contributed by atoms with Gasteiger partial charge in [-0.05, 0) is 0 Å². The van der Waals surface area contributed by atoms with Crippen molar-refractivity contribution in [2.24, 2.45) is 0 Å². The fourth-order valence-electron chi connectivity index (χ4n) is 2.56. The van der Waals surface area contributed by atoms with E-state index in [0.717, 1.165) is 22.3 Å². The summed E-state index contributed by atoms with van der Waals surface area (Å²) in [6.07, 6.45) is 0. The molecule has 0 radical (unpaired) electrons. The minimum atomic E-state index is 0. The molecule has 136 valence electrons. The number of ketones is 2. The Hall–Kier alpha value is -3.00. The summed E-state index contributed by atoms with van der Waals surface area (Å²) >= 11 is 0. The second kappa shape index (κ2) is 10.2. The summed E-state index contributed by atoms with van der Waals surface area (Å²) in [5, 5.41) is 0. The van der Waals surface area contributed by atoms with Gasteiger partial charge < -0.3 is 9.59 Å². The molecular formula is C24H18FeO2-2. The molecule has 4 rings (SSSR count). The summed E-state index contributed by atoms with van der Waals surface area (Å²) in [7, 11) is 0. The molecule has 2 nitrogen and oxygen atoms in total. The van der Waals surface area contributed by atoms with Crippen LogP contribution < -0.4 is 0 Å². The van der Waals surface area contributed by atoms with E-state index in [1.54, 1.807) is 0 Å². The quantitative estimate of drug-likeness (QED) is 0.269. The number of rotatable bonds is 4. The third-order valence-corrected chi connectivity index (χ3v) is 3.92. The van der Waals surface area contributed by atoms with E-state index in [2.05, 4.69) is 0 Å². The first-order chi connectivity index (χ1) is 12.8. The topological polar surface area (TPSA) is 34.1 Å². The Morgan fingerprint density at radius 3 is 1.07 bits per heavy atom. The van der Waals surface area contributed by atoms with Crippen molar-refractivity contribution in [3.8, 4) is 0 Å². The van der Waals surface area contributed by atoms with E-state index in [1.165, 1.54) is 0 Å². The van der Waals surface area contributed by atoms with Gasteiger partial charge in [-0.2, -0.15) is 24.3 Å². The third-order valence-electron chi connectivity index (χ3n) is 3.92. The van der Waals surface area contributed by atoms with Gasteiger partial charge in [0, 0.05) is 17.1 Å². The van der Waals surface area contributed by atoms with Gasteiger partial charge in [0.15, 0.2) is 0 Å². The monoisotopic (exact) mass is 394 g/mol. The van der Waals surface area contributed by atoms with Crippen molar-refractivity contribution in [3.05, 3.63) is 131 Å². The average Bonchev–Trinajstić information content (AvgIpc) is 3.43. The van der Waals surface area contributed by atoms with Crippen molar-refractivity contribution in [1.29, 1.82) is 0 Å². The Bertz CT molecular complexity index is 857. The largest absolute Gasteiger partial charge is 0.311 e. The van der Waals surface area contributed by atoms with Gasteiger partial charge in [0.25, 0.3) is 0 Å². The summed E-state index contributed by atoms with van der Waals surface area (Å²) in [4.78, 5) is 23.4. The van der Waals surface area contributed by atoms with Gasteiger partial charge in [-0.3, -0.25) is 0 Å². The van der Waals surface area contributed by atoms with Crippen LogP contribution in [-0.2, 0) is 17.1 Å². The predicted molar refractivity (Wildman–Crippen MR) is 104 cm³/mol. The molecule has 0 amide bonds. The molecule has 0 aromatic heterocycles. The Morgan fingerprint density at radius 2 is 0.778 bits per heavy atom. The molecule has 3 heteroatoms. The summed E-state index contributed by atoms with van der Waals surface area (Å²) < 4.78 is 0. The molecule has 27 heavy (non-hydrogen) atoms. The standard InChI is InChI=1S/2C12H9O.Fe/c2*13-12(11-8-4-5-9-11)10-6-2-1-3-7-10;/h2*1-9H;/q2*-1;. The maximum absolute atomic E-state index is 11.7.